The fraction of sp³-hybridized carbons (Fsp3) is 0. The maximum absolute atomic E-state index is 4.31. The maximum Gasteiger partial charge on any atom is 0.0836 e. The van der Waals surface area contributed by atoms with Gasteiger partial charge in [-0.15, -0.1) is 0 Å². The van der Waals surface area contributed by atoms with Gasteiger partial charge < -0.3 is 0 Å². The third-order valence-electron chi connectivity index (χ3n) is 1.71. The van der Waals surface area contributed by atoms with Crippen LogP contribution in [0.2, 0.25) is 0 Å². The second-order valence-corrected chi connectivity index (χ2v) is 3.73. The number of nitrogens with zero attached hydrogens (tertiary/aromatic N) is 2. The van der Waals surface area contributed by atoms with Crippen LogP contribution in [0.1, 0.15) is 0 Å². The van der Waals surface area contributed by atoms with Crippen LogP contribution >= 0.6 is 22.6 Å². The predicted octanol–water partition coefficient (Wildman–Crippen LogP) is 2.75. The molecule has 0 fully saturated rings. The molecule has 0 aliphatic rings. The van der Waals surface area contributed by atoms with Gasteiger partial charge in [0.15, 0.2) is 0 Å². The highest BCUT2D eigenvalue weighted by Crippen LogP contribution is 2.20. The molecule has 0 aliphatic carbocycles. The van der Waals surface area contributed by atoms with Crippen LogP contribution in [0.3, 0.4) is 0 Å². The fourth-order valence-electron chi connectivity index (χ4n) is 1.11. The van der Waals surface area contributed by atoms with E-state index in [2.05, 4.69) is 32.6 Å². The Hall–Kier alpha value is -0.970. The van der Waals surface area contributed by atoms with Crippen LogP contribution in [-0.4, -0.2) is 9.97 Å². The second-order valence-electron chi connectivity index (χ2n) is 2.57. The first-order valence-corrected chi connectivity index (χ1v) is 4.97. The zero-order valence-corrected chi connectivity index (χ0v) is 8.97. The van der Waals surface area contributed by atoms with Gasteiger partial charge in [-0.2, -0.15) is 0 Å². The molecule has 64 valence electrons. The van der Waals surface area contributed by atoms with Crippen molar-refractivity contribution in [2.24, 2.45) is 0 Å². The van der Waals surface area contributed by atoms with Crippen LogP contribution in [0.5, 0.6) is 0 Å². The lowest BCUT2D eigenvalue weighted by Gasteiger charge is -2.01. The van der Waals surface area contributed by atoms with Crippen molar-refractivity contribution in [2.75, 3.05) is 0 Å². The van der Waals surface area contributed by atoms with E-state index in [1.807, 2.05) is 24.3 Å². The molecule has 2 nitrogen and oxygen atoms in total. The zero-order valence-electron chi connectivity index (χ0n) is 6.81. The number of hydrogen-bond acceptors (Lipinski definition) is 2. The van der Waals surface area contributed by atoms with Gasteiger partial charge in [-0.05, 0) is 46.9 Å². The Bertz CT molecular complexity index is 401. The summed E-state index contributed by atoms with van der Waals surface area (Å²) in [6, 6.07) is 7.91. The molecule has 0 atom stereocenters. The Kier molecular flexibility index (Phi) is 2.54. The minimum atomic E-state index is 1.02. The first-order chi connectivity index (χ1) is 6.38. The van der Waals surface area contributed by atoms with Gasteiger partial charge in [0.05, 0.1) is 5.69 Å². The number of rotatable bonds is 1. The second kappa shape index (κ2) is 3.83. The highest BCUT2D eigenvalue weighted by molar-refractivity contribution is 14.1. The molecule has 0 bridgehead atoms. The molecule has 0 aliphatic heterocycles. The van der Waals surface area contributed by atoms with Gasteiger partial charge in [0.25, 0.3) is 0 Å². The van der Waals surface area contributed by atoms with Crippen LogP contribution in [-0.2, 0) is 0 Å². The molecule has 0 aromatic carbocycles. The largest absolute Gasteiger partial charge is 0.265 e. The van der Waals surface area contributed by atoms with E-state index in [0.717, 1.165) is 14.8 Å². The van der Waals surface area contributed by atoms with Gasteiger partial charge in [0.1, 0.15) is 0 Å². The van der Waals surface area contributed by atoms with E-state index in [-0.39, 0.29) is 0 Å². The van der Waals surface area contributed by atoms with Crippen molar-refractivity contribution in [1.82, 2.24) is 9.97 Å². The summed E-state index contributed by atoms with van der Waals surface area (Å²) in [4.78, 5) is 8.28. The predicted molar refractivity (Wildman–Crippen MR) is 60.2 cm³/mol. The first-order valence-electron chi connectivity index (χ1n) is 3.89. The Balaban J connectivity index is 2.54. The first kappa shape index (κ1) is 8.62. The van der Waals surface area contributed by atoms with E-state index < -0.39 is 0 Å². The molecule has 0 amide bonds. The fourth-order valence-corrected chi connectivity index (χ4v) is 1.77. The maximum atomic E-state index is 4.31. The topological polar surface area (TPSA) is 25.8 Å². The van der Waals surface area contributed by atoms with E-state index in [1.54, 1.807) is 18.6 Å². The quantitative estimate of drug-likeness (QED) is 0.752. The summed E-state index contributed by atoms with van der Waals surface area (Å²) in [6.45, 7) is 0. The average Bonchev–Trinajstić information content (AvgIpc) is 2.20. The van der Waals surface area contributed by atoms with Gasteiger partial charge in [-0.25, -0.2) is 0 Å². The molecule has 2 heterocycles. The molecule has 0 saturated carbocycles. The summed E-state index contributed by atoms with van der Waals surface area (Å²) in [5, 5.41) is 0. The molecule has 3 heteroatoms. The normalized spacial score (nSPS) is 9.92. The van der Waals surface area contributed by atoms with Crippen LogP contribution in [0.4, 0.5) is 0 Å². The summed E-state index contributed by atoms with van der Waals surface area (Å²) in [5.74, 6) is 0. The number of aromatic nitrogens is 2. The smallest absolute Gasteiger partial charge is 0.0836 e. The number of halogens is 1. The van der Waals surface area contributed by atoms with E-state index in [1.165, 1.54) is 0 Å². The summed E-state index contributed by atoms with van der Waals surface area (Å²) in [6.07, 6.45) is 5.36. The van der Waals surface area contributed by atoms with Crippen LogP contribution in [0.25, 0.3) is 11.3 Å². The highest BCUT2D eigenvalue weighted by atomic mass is 127. The van der Waals surface area contributed by atoms with Crippen molar-refractivity contribution < 1.29 is 0 Å². The van der Waals surface area contributed by atoms with Crippen molar-refractivity contribution in [3.8, 4) is 11.3 Å². The summed E-state index contributed by atoms with van der Waals surface area (Å²) in [7, 11) is 0. The summed E-state index contributed by atoms with van der Waals surface area (Å²) in [5.41, 5.74) is 2.13. The molecule has 0 spiro atoms. The molecule has 2 aromatic rings. The Morgan fingerprint density at radius 3 is 2.46 bits per heavy atom. The summed E-state index contributed by atoms with van der Waals surface area (Å²) >= 11 is 2.28. The van der Waals surface area contributed by atoms with Crippen molar-refractivity contribution in [1.29, 1.82) is 0 Å². The molecule has 13 heavy (non-hydrogen) atoms. The molecule has 0 N–H and O–H groups in total. The van der Waals surface area contributed by atoms with Gasteiger partial charge in [-0.1, -0.05) is 0 Å². The molecule has 2 rings (SSSR count). The molecular formula is C10H7IN2. The van der Waals surface area contributed by atoms with E-state index in [0.29, 0.717) is 0 Å². The number of hydrogen-bond donors (Lipinski definition) is 0. The Labute approximate surface area is 90.2 Å². The van der Waals surface area contributed by atoms with E-state index in [4.69, 9.17) is 0 Å². The zero-order chi connectivity index (χ0) is 9.10. The van der Waals surface area contributed by atoms with Gasteiger partial charge >= 0.3 is 0 Å². The van der Waals surface area contributed by atoms with Crippen LogP contribution in [0.15, 0.2) is 42.9 Å². The minimum absolute atomic E-state index is 1.02. The van der Waals surface area contributed by atoms with E-state index in [9.17, 15) is 0 Å². The minimum Gasteiger partial charge on any atom is -0.265 e. The lowest BCUT2D eigenvalue weighted by atomic mass is 10.2. The Morgan fingerprint density at radius 2 is 1.77 bits per heavy atom. The van der Waals surface area contributed by atoms with Crippen molar-refractivity contribution in [3.63, 3.8) is 0 Å². The summed E-state index contributed by atoms with van der Waals surface area (Å²) < 4.78 is 1.16. The standard InChI is InChI=1S/C10H7IN2/c11-9-2-1-5-13-10(9)8-3-6-12-7-4-8/h1-7H. The van der Waals surface area contributed by atoms with E-state index >= 15 is 0 Å². The van der Waals surface area contributed by atoms with Crippen molar-refractivity contribution in [2.45, 2.75) is 0 Å². The van der Waals surface area contributed by atoms with Crippen molar-refractivity contribution in [3.05, 3.63) is 46.4 Å². The average molecular weight is 282 g/mol. The monoisotopic (exact) mass is 282 g/mol. The third kappa shape index (κ3) is 1.85. The van der Waals surface area contributed by atoms with Crippen LogP contribution in [0, 0.1) is 3.57 Å². The van der Waals surface area contributed by atoms with Crippen LogP contribution < -0.4 is 0 Å². The lowest BCUT2D eigenvalue weighted by Crippen LogP contribution is -1.86. The molecule has 0 radical (unpaired) electrons. The highest BCUT2D eigenvalue weighted by Gasteiger charge is 2.01. The molecule has 0 saturated heterocycles. The molecule has 0 unspecified atom stereocenters. The van der Waals surface area contributed by atoms with Gasteiger partial charge in [0.2, 0.25) is 0 Å². The number of pyridine rings is 2. The molecule has 2 aromatic heterocycles. The van der Waals surface area contributed by atoms with Gasteiger partial charge in [-0.3, -0.25) is 9.97 Å². The molecular weight excluding hydrogens is 275 g/mol. The SMILES string of the molecule is Ic1cccnc1-c1ccncc1. The Morgan fingerprint density at radius 1 is 1.00 bits per heavy atom. The third-order valence-corrected chi connectivity index (χ3v) is 2.58. The van der Waals surface area contributed by atoms with Gasteiger partial charge in [0, 0.05) is 27.7 Å². The van der Waals surface area contributed by atoms with Crippen molar-refractivity contribution >= 4 is 22.6 Å². The lowest BCUT2D eigenvalue weighted by molar-refractivity contribution is 1.28.